The van der Waals surface area contributed by atoms with Crippen molar-refractivity contribution in [2.45, 2.75) is 278 Å². The lowest BCUT2D eigenvalue weighted by molar-refractivity contribution is -0.137. The van der Waals surface area contributed by atoms with Crippen LogP contribution in [0.25, 0.3) is 0 Å². The monoisotopic (exact) mass is 995 g/mol. The molecule has 4 bridgehead atoms. The Morgan fingerprint density at radius 3 is 1.28 bits per heavy atom. The second-order valence-electron chi connectivity index (χ2n) is 27.0. The Balaban J connectivity index is 0.000000454. The predicted molar refractivity (Wildman–Crippen MR) is 308 cm³/mol. The molecule has 6 rings (SSSR count). The number of aliphatic hydroxyl groups is 1. The maximum Gasteiger partial charge on any atom is 0.258 e. The molecule has 0 spiro atoms. The van der Waals surface area contributed by atoms with Crippen LogP contribution in [-0.4, -0.2) is 33.6 Å². The number of hydrogen-bond donors (Lipinski definition) is 1. The van der Waals surface area contributed by atoms with Gasteiger partial charge < -0.3 is 14.0 Å². The lowest BCUT2D eigenvalue weighted by atomic mass is 9.45. The summed E-state index contributed by atoms with van der Waals surface area (Å²) in [6.07, 6.45) is 14.4. The number of Topliss-reactive ketones (excluding diaryl/α,β-unsaturated/α-hetero) is 1. The molecule has 4 nitrogen and oxygen atoms in total. The summed E-state index contributed by atoms with van der Waals surface area (Å²) in [6, 6.07) is 0. The van der Waals surface area contributed by atoms with E-state index >= 15 is 0 Å². The van der Waals surface area contributed by atoms with Gasteiger partial charge in [0.25, 0.3) is 16.6 Å². The third-order valence-corrected chi connectivity index (χ3v) is 35.0. The molecule has 402 valence electrons. The molecule has 13 atom stereocenters. The Morgan fingerprint density at radius 2 is 0.899 bits per heavy atom. The van der Waals surface area contributed by atoms with Crippen molar-refractivity contribution in [2.75, 3.05) is 0 Å². The highest BCUT2D eigenvalue weighted by atomic mass is 28.4. The normalized spacial score (nSPS) is 39.0. The highest BCUT2D eigenvalue weighted by Gasteiger charge is 2.66. The van der Waals surface area contributed by atoms with Crippen LogP contribution in [0.2, 0.25) is 33.2 Å². The van der Waals surface area contributed by atoms with E-state index in [2.05, 4.69) is 178 Å². The Labute approximate surface area is 433 Å². The zero-order valence-corrected chi connectivity index (χ0v) is 49.3. The van der Waals surface area contributed by atoms with Crippen LogP contribution in [0.4, 0.5) is 0 Å². The third kappa shape index (κ3) is 9.34. The topological polar surface area (TPSA) is 55.8 Å². The average molecular weight is 996 g/mol. The van der Waals surface area contributed by atoms with E-state index in [1.54, 1.807) is 0 Å². The third-order valence-electron chi connectivity index (χ3n) is 23.0. The highest BCUT2D eigenvalue weighted by molar-refractivity contribution is 6.78. The number of carbonyl (C=O) groups is 1. The van der Waals surface area contributed by atoms with Gasteiger partial charge in [-0.1, -0.05) is 180 Å². The van der Waals surface area contributed by atoms with Gasteiger partial charge in [-0.25, -0.2) is 0 Å². The fraction of sp³-hybridized carbons (Fsp3) is 0.857. The van der Waals surface area contributed by atoms with Gasteiger partial charge in [-0.05, 0) is 153 Å². The highest BCUT2D eigenvalue weighted by Crippen LogP contribution is 2.71. The first-order chi connectivity index (χ1) is 30.3. The smallest absolute Gasteiger partial charge is 0.258 e. The zero-order valence-electron chi connectivity index (χ0n) is 47.3. The Morgan fingerprint density at radius 1 is 0.551 bits per heavy atom. The number of rotatable bonds is 12. The molecule has 1 N–H and O–H groups in total. The summed E-state index contributed by atoms with van der Waals surface area (Å²) < 4.78 is 14.9. The molecule has 4 fully saturated rings. The second kappa shape index (κ2) is 21.8. The summed E-state index contributed by atoms with van der Waals surface area (Å²) in [6.45, 7) is 60.8. The Hall–Kier alpha value is -1.38. The van der Waals surface area contributed by atoms with Crippen molar-refractivity contribution in [3.8, 4) is 0 Å². The van der Waals surface area contributed by atoms with Crippen molar-refractivity contribution in [1.29, 1.82) is 0 Å². The quantitative estimate of drug-likeness (QED) is 0.156. The molecule has 0 saturated heterocycles. The van der Waals surface area contributed by atoms with E-state index in [-0.39, 0.29) is 55.5 Å². The van der Waals surface area contributed by atoms with Crippen molar-refractivity contribution in [3.63, 3.8) is 0 Å². The molecule has 6 aliphatic carbocycles. The number of aliphatic hydroxyl groups excluding tert-OH is 1. The van der Waals surface area contributed by atoms with Gasteiger partial charge in [-0.3, -0.25) is 4.79 Å². The number of allylic oxidation sites excluding steroid dienone is 5. The van der Waals surface area contributed by atoms with Crippen molar-refractivity contribution in [1.82, 2.24) is 0 Å². The minimum atomic E-state index is -2.09. The van der Waals surface area contributed by atoms with Gasteiger partial charge in [-0.15, -0.1) is 13.2 Å². The first-order valence-electron chi connectivity index (χ1n) is 27.6. The fourth-order valence-electron chi connectivity index (χ4n) is 17.6. The van der Waals surface area contributed by atoms with Gasteiger partial charge in [0.05, 0.1) is 23.0 Å². The first kappa shape index (κ1) is 63.7. The van der Waals surface area contributed by atoms with Crippen LogP contribution >= 0.6 is 0 Å². The lowest BCUT2D eigenvalue weighted by Gasteiger charge is -2.60. The van der Waals surface area contributed by atoms with Crippen LogP contribution in [0, 0.1) is 68.0 Å². The van der Waals surface area contributed by atoms with Crippen molar-refractivity contribution >= 4 is 22.4 Å². The average Bonchev–Trinajstić information content (AvgIpc) is 3.82. The molecule has 69 heavy (non-hydrogen) atoms. The Kier molecular flexibility index (Phi) is 20.2. The Bertz CT molecular complexity index is 1830. The van der Waals surface area contributed by atoms with Crippen molar-refractivity contribution < 1.29 is 18.8 Å². The number of carbonyl (C=O) groups excluding carboxylic acids is 1. The van der Waals surface area contributed by atoms with E-state index < -0.39 is 22.0 Å². The summed E-state index contributed by atoms with van der Waals surface area (Å²) in [7, 11) is -4.14. The first-order valence-corrected chi connectivity index (χ1v) is 31.9. The van der Waals surface area contributed by atoms with E-state index in [0.29, 0.717) is 81.0 Å². The molecule has 0 aromatic rings. The largest absolute Gasteiger partial charge is 0.546 e. The maximum absolute atomic E-state index is 14.3. The molecule has 0 aliphatic heterocycles. The van der Waals surface area contributed by atoms with Crippen molar-refractivity contribution in [3.05, 3.63) is 48.0 Å². The molecule has 0 heterocycles. The summed E-state index contributed by atoms with van der Waals surface area (Å²) in [5.41, 5.74) is 5.65. The van der Waals surface area contributed by atoms with Crippen LogP contribution in [0.3, 0.4) is 0 Å². The standard InChI is InChI=1S/C30H54O2Si.C30H52O2Si.3CH4/c2*1-13-28(11)18-26(31)29(12)22(8)14-16-30(24(10)23(28)9)17-15-25(27(29)30)32-33(19(2)3,20(4)5)21(6)7;;;/h13,19-24,26,31H,1,14-18H2,2-12H3;13,19-24H,1,14-18H2,2-12H3;3*1H4/t22?,23?,24-,26-,28?,29?,30?;22?,23?,24-,28?,29?,30?;;;/m00.../s1. The molecule has 6 aliphatic rings. The molecule has 4 saturated carbocycles. The van der Waals surface area contributed by atoms with Gasteiger partial charge in [0.15, 0.2) is 0 Å². The summed E-state index contributed by atoms with van der Waals surface area (Å²) in [5, 5.41) is 12.0. The predicted octanol–water partition coefficient (Wildman–Crippen LogP) is 19.9. The lowest BCUT2D eigenvalue weighted by Crippen LogP contribution is -2.56. The van der Waals surface area contributed by atoms with E-state index in [1.807, 2.05) is 0 Å². The van der Waals surface area contributed by atoms with Crippen LogP contribution in [0.5, 0.6) is 0 Å². The molecule has 0 radical (unpaired) electrons. The van der Waals surface area contributed by atoms with Gasteiger partial charge >= 0.3 is 0 Å². The molecule has 0 aromatic heterocycles. The van der Waals surface area contributed by atoms with Gasteiger partial charge in [-0.2, -0.15) is 0 Å². The van der Waals surface area contributed by atoms with Crippen LogP contribution in [0.1, 0.15) is 239 Å². The SMILES string of the molecule is C.C.C.C=CC1(C)CC(=O)C2(C)C3=C(O[Si](C(C)C)(C(C)C)C(C)C)CCC3(CCC2C)[C@@H](C)C1C.C=CC1(C)C[C@H](O)C2(C)C3=C(O[Si](C(C)C)(C(C)C)C(C)C)CCC3(CCC2C)[C@@H](C)C1C. The molecule has 10 unspecified atom stereocenters. The van der Waals surface area contributed by atoms with Crippen molar-refractivity contribution in [2.24, 2.45) is 68.0 Å². The fourth-order valence-corrected chi connectivity index (χ4v) is 28.3. The summed E-state index contributed by atoms with van der Waals surface area (Å²) in [4.78, 5) is 14.3. The summed E-state index contributed by atoms with van der Waals surface area (Å²) in [5.74, 6) is 5.70. The minimum absolute atomic E-state index is 0. The zero-order chi connectivity index (χ0) is 50.3. The number of ketones is 1. The van der Waals surface area contributed by atoms with E-state index in [0.717, 1.165) is 32.1 Å². The molecular formula is C63H118O4Si2. The number of hydrogen-bond acceptors (Lipinski definition) is 4. The van der Waals surface area contributed by atoms with E-state index in [1.165, 1.54) is 48.3 Å². The molecular weight excluding hydrogens is 877 g/mol. The molecule has 0 amide bonds. The summed E-state index contributed by atoms with van der Waals surface area (Å²) >= 11 is 0. The van der Waals surface area contributed by atoms with Crippen LogP contribution in [-0.2, 0) is 13.6 Å². The molecule has 0 aromatic carbocycles. The van der Waals surface area contributed by atoms with Crippen LogP contribution in [0.15, 0.2) is 48.0 Å². The molecule has 6 heteroatoms. The van der Waals surface area contributed by atoms with Gasteiger partial charge in [0.1, 0.15) is 5.78 Å². The van der Waals surface area contributed by atoms with Gasteiger partial charge in [0, 0.05) is 24.7 Å². The maximum atomic E-state index is 14.3. The van der Waals surface area contributed by atoms with Crippen LogP contribution < -0.4 is 0 Å². The second-order valence-corrected chi connectivity index (χ2v) is 37.8. The minimum Gasteiger partial charge on any atom is -0.546 e. The van der Waals surface area contributed by atoms with E-state index in [9.17, 15) is 9.90 Å². The van der Waals surface area contributed by atoms with E-state index in [4.69, 9.17) is 8.85 Å². The van der Waals surface area contributed by atoms with Gasteiger partial charge in [0.2, 0.25) is 0 Å².